The largest absolute Gasteiger partial charge is 0.494 e. The Morgan fingerprint density at radius 1 is 1.03 bits per heavy atom. The molecule has 1 N–H and O–H groups in total. The molecular weight excluding hydrogens is 365 g/mol. The Balaban J connectivity index is 1.51. The van der Waals surface area contributed by atoms with Gasteiger partial charge < -0.3 is 19.4 Å². The van der Waals surface area contributed by atoms with Crippen LogP contribution in [0.25, 0.3) is 0 Å². The predicted octanol–water partition coefficient (Wildman–Crippen LogP) is 3.26. The van der Waals surface area contributed by atoms with Crippen molar-refractivity contribution in [1.82, 2.24) is 5.32 Å². The SMILES string of the molecule is CC1(C)OB(c2cccc(C#CCNC(=O)OCc3ccccc3)c2)OC1(C)C. The fourth-order valence-corrected chi connectivity index (χ4v) is 2.78. The zero-order chi connectivity index (χ0) is 20.9. The highest BCUT2D eigenvalue weighted by molar-refractivity contribution is 6.62. The Morgan fingerprint density at radius 3 is 2.41 bits per heavy atom. The number of nitrogens with one attached hydrogen (secondary N) is 1. The molecule has 0 aromatic heterocycles. The molecule has 0 atom stereocenters. The monoisotopic (exact) mass is 391 g/mol. The van der Waals surface area contributed by atoms with Crippen LogP contribution in [0, 0.1) is 11.8 Å². The minimum absolute atomic E-state index is 0.203. The Hall–Kier alpha value is -2.75. The lowest BCUT2D eigenvalue weighted by molar-refractivity contribution is 0.00578. The second kappa shape index (κ2) is 8.73. The van der Waals surface area contributed by atoms with Crippen LogP contribution in [0.1, 0.15) is 38.8 Å². The van der Waals surface area contributed by atoms with Gasteiger partial charge in [0.15, 0.2) is 0 Å². The van der Waals surface area contributed by atoms with Gasteiger partial charge in [-0.05, 0) is 50.9 Å². The molecule has 29 heavy (non-hydrogen) atoms. The second-order valence-electron chi connectivity index (χ2n) is 7.93. The summed E-state index contributed by atoms with van der Waals surface area (Å²) in [6.07, 6.45) is -0.492. The molecule has 1 aliphatic rings. The average molecular weight is 391 g/mol. The minimum atomic E-state index is -0.492. The van der Waals surface area contributed by atoms with Crippen LogP contribution in [-0.4, -0.2) is 31.0 Å². The van der Waals surface area contributed by atoms with Crippen LogP contribution >= 0.6 is 0 Å². The predicted molar refractivity (Wildman–Crippen MR) is 114 cm³/mol. The van der Waals surface area contributed by atoms with Crippen molar-refractivity contribution in [2.75, 3.05) is 6.54 Å². The summed E-state index contributed by atoms with van der Waals surface area (Å²) in [7, 11) is -0.423. The van der Waals surface area contributed by atoms with Crippen molar-refractivity contribution in [1.29, 1.82) is 0 Å². The van der Waals surface area contributed by atoms with Crippen molar-refractivity contribution in [2.45, 2.75) is 45.5 Å². The molecule has 0 spiro atoms. The van der Waals surface area contributed by atoms with E-state index in [1.165, 1.54) is 0 Å². The maximum atomic E-state index is 11.7. The van der Waals surface area contributed by atoms with Gasteiger partial charge in [-0.15, -0.1) is 0 Å². The number of carbonyl (C=O) groups excluding carboxylic acids is 1. The van der Waals surface area contributed by atoms with Crippen molar-refractivity contribution < 1.29 is 18.8 Å². The molecule has 2 aromatic rings. The van der Waals surface area contributed by atoms with E-state index in [-0.39, 0.29) is 24.4 Å². The highest BCUT2D eigenvalue weighted by Gasteiger charge is 2.51. The number of hydrogen-bond donors (Lipinski definition) is 1. The van der Waals surface area contributed by atoms with E-state index in [0.29, 0.717) is 0 Å². The molecular formula is C23H26BNO4. The van der Waals surface area contributed by atoms with E-state index < -0.39 is 13.2 Å². The van der Waals surface area contributed by atoms with Crippen LogP contribution in [0.15, 0.2) is 54.6 Å². The zero-order valence-corrected chi connectivity index (χ0v) is 17.3. The fourth-order valence-electron chi connectivity index (χ4n) is 2.78. The first-order valence-corrected chi connectivity index (χ1v) is 9.66. The van der Waals surface area contributed by atoms with Gasteiger partial charge in [0.1, 0.15) is 6.61 Å². The maximum absolute atomic E-state index is 11.7. The van der Waals surface area contributed by atoms with Crippen molar-refractivity contribution in [3.8, 4) is 11.8 Å². The first-order chi connectivity index (χ1) is 13.8. The topological polar surface area (TPSA) is 56.8 Å². The highest BCUT2D eigenvalue weighted by Crippen LogP contribution is 2.36. The van der Waals surface area contributed by atoms with Gasteiger partial charge in [-0.2, -0.15) is 0 Å². The lowest BCUT2D eigenvalue weighted by Gasteiger charge is -2.32. The van der Waals surface area contributed by atoms with E-state index in [9.17, 15) is 4.79 Å². The van der Waals surface area contributed by atoms with E-state index >= 15 is 0 Å². The normalized spacial score (nSPS) is 16.6. The van der Waals surface area contributed by atoms with Crippen LogP contribution in [0.5, 0.6) is 0 Å². The van der Waals surface area contributed by atoms with Gasteiger partial charge in [0.2, 0.25) is 0 Å². The molecule has 1 fully saturated rings. The molecule has 3 rings (SSSR count). The highest BCUT2D eigenvalue weighted by atomic mass is 16.7. The summed E-state index contributed by atoms with van der Waals surface area (Å²) in [5.41, 5.74) is 1.92. The van der Waals surface area contributed by atoms with Crippen LogP contribution in [-0.2, 0) is 20.7 Å². The number of amides is 1. The zero-order valence-electron chi connectivity index (χ0n) is 17.3. The lowest BCUT2D eigenvalue weighted by Crippen LogP contribution is -2.41. The molecule has 0 unspecified atom stereocenters. The number of alkyl carbamates (subject to hydrolysis) is 1. The van der Waals surface area contributed by atoms with Crippen molar-refractivity contribution in [3.63, 3.8) is 0 Å². The summed E-state index contributed by atoms with van der Waals surface area (Å²) in [6, 6.07) is 17.3. The van der Waals surface area contributed by atoms with Crippen LogP contribution in [0.3, 0.4) is 0 Å². The Morgan fingerprint density at radius 2 is 1.72 bits per heavy atom. The quantitative estimate of drug-likeness (QED) is 0.642. The molecule has 0 bridgehead atoms. The standard InChI is InChI=1S/C23H26BNO4/c1-22(2)23(3,4)29-24(28-22)20-14-8-12-18(16-20)13-9-15-25-21(26)27-17-19-10-6-5-7-11-19/h5-8,10-12,14,16H,15,17H2,1-4H3,(H,25,26). The van der Waals surface area contributed by atoms with Crippen LogP contribution in [0.2, 0.25) is 0 Å². The molecule has 150 valence electrons. The first kappa shape index (κ1) is 21.0. The molecule has 0 saturated carbocycles. The van der Waals surface area contributed by atoms with Gasteiger partial charge in [-0.1, -0.05) is 54.3 Å². The van der Waals surface area contributed by atoms with E-state index in [0.717, 1.165) is 16.6 Å². The molecule has 6 heteroatoms. The summed E-state index contributed by atoms with van der Waals surface area (Å²) in [4.78, 5) is 11.7. The summed E-state index contributed by atoms with van der Waals surface area (Å²) in [5, 5.41) is 2.63. The van der Waals surface area contributed by atoms with Crippen LogP contribution < -0.4 is 10.8 Å². The third kappa shape index (κ3) is 5.41. The minimum Gasteiger partial charge on any atom is -0.445 e. The smallest absolute Gasteiger partial charge is 0.445 e. The maximum Gasteiger partial charge on any atom is 0.494 e. The number of benzene rings is 2. The van der Waals surface area contributed by atoms with Gasteiger partial charge in [0.25, 0.3) is 0 Å². The van der Waals surface area contributed by atoms with Gasteiger partial charge in [-0.3, -0.25) is 0 Å². The van der Waals surface area contributed by atoms with E-state index in [2.05, 4.69) is 17.2 Å². The Labute approximate surface area is 172 Å². The summed E-state index contributed by atoms with van der Waals surface area (Å²) >= 11 is 0. The number of rotatable bonds is 4. The van der Waals surface area contributed by atoms with Crippen molar-refractivity contribution in [3.05, 3.63) is 65.7 Å². The lowest BCUT2D eigenvalue weighted by atomic mass is 9.78. The molecule has 1 heterocycles. The molecule has 5 nitrogen and oxygen atoms in total. The van der Waals surface area contributed by atoms with Gasteiger partial charge >= 0.3 is 13.2 Å². The molecule has 1 amide bonds. The fraction of sp³-hybridized carbons (Fsp3) is 0.348. The van der Waals surface area contributed by atoms with Gasteiger partial charge in [0, 0.05) is 5.56 Å². The average Bonchev–Trinajstić information content (AvgIpc) is 2.92. The summed E-state index contributed by atoms with van der Waals surface area (Å²) in [6.45, 7) is 8.54. The third-order valence-electron chi connectivity index (χ3n) is 5.18. The van der Waals surface area contributed by atoms with Crippen molar-refractivity contribution >= 4 is 18.7 Å². The summed E-state index contributed by atoms with van der Waals surface area (Å²) in [5.74, 6) is 5.99. The molecule has 1 aliphatic heterocycles. The molecule has 2 aromatic carbocycles. The van der Waals surface area contributed by atoms with E-state index in [4.69, 9.17) is 14.0 Å². The Bertz CT molecular complexity index is 899. The molecule has 1 saturated heterocycles. The Kier molecular flexibility index (Phi) is 6.31. The van der Waals surface area contributed by atoms with Crippen LogP contribution in [0.4, 0.5) is 4.79 Å². The van der Waals surface area contributed by atoms with E-state index in [1.807, 2.05) is 82.3 Å². The first-order valence-electron chi connectivity index (χ1n) is 9.66. The van der Waals surface area contributed by atoms with Gasteiger partial charge in [-0.25, -0.2) is 4.79 Å². The number of ether oxygens (including phenoxy) is 1. The number of carbonyl (C=O) groups is 1. The third-order valence-corrected chi connectivity index (χ3v) is 5.18. The second-order valence-corrected chi connectivity index (χ2v) is 7.93. The van der Waals surface area contributed by atoms with E-state index in [1.54, 1.807) is 0 Å². The molecule has 0 aliphatic carbocycles. The molecule has 0 radical (unpaired) electrons. The summed E-state index contributed by atoms with van der Waals surface area (Å²) < 4.78 is 17.3. The van der Waals surface area contributed by atoms with Gasteiger partial charge in [0.05, 0.1) is 17.7 Å². The number of hydrogen-bond acceptors (Lipinski definition) is 4. The van der Waals surface area contributed by atoms with Crippen molar-refractivity contribution in [2.24, 2.45) is 0 Å².